The number of primary amides is 1. The molecule has 1 heterocycles. The first kappa shape index (κ1) is 18.1. The fourth-order valence-corrected chi connectivity index (χ4v) is 2.53. The van der Waals surface area contributed by atoms with Crippen LogP contribution in [-0.2, 0) is 14.3 Å². The highest BCUT2D eigenvalue weighted by molar-refractivity contribution is 7.11. The summed E-state index contributed by atoms with van der Waals surface area (Å²) in [5.41, 5.74) is 5.83. The van der Waals surface area contributed by atoms with Gasteiger partial charge in [0.25, 0.3) is 0 Å². The average Bonchev–Trinajstić information content (AvgIpc) is 2.94. The third kappa shape index (κ3) is 5.09. The van der Waals surface area contributed by atoms with Gasteiger partial charge in [0.15, 0.2) is 10.8 Å². The van der Waals surface area contributed by atoms with Crippen LogP contribution in [0.2, 0.25) is 0 Å². The Hall–Kier alpha value is -1.99. The molecule has 0 saturated carbocycles. The lowest BCUT2D eigenvalue weighted by Crippen LogP contribution is -2.22. The van der Waals surface area contributed by atoms with Gasteiger partial charge in [-0.05, 0) is 6.08 Å². The van der Waals surface area contributed by atoms with E-state index in [-0.39, 0.29) is 17.8 Å². The van der Waals surface area contributed by atoms with E-state index in [1.165, 1.54) is 31.4 Å². The van der Waals surface area contributed by atoms with E-state index < -0.39 is 5.91 Å². The number of rotatable bonds is 8. The van der Waals surface area contributed by atoms with Crippen molar-refractivity contribution in [3.05, 3.63) is 34.0 Å². The second kappa shape index (κ2) is 8.45. The number of thiazole rings is 1. The Labute approximate surface area is 133 Å². The van der Waals surface area contributed by atoms with Crippen LogP contribution in [0.4, 0.5) is 0 Å². The monoisotopic (exact) mass is 324 g/mol. The number of aromatic nitrogens is 1. The number of ether oxygens (including phenoxy) is 2. The minimum atomic E-state index is -0.576. The van der Waals surface area contributed by atoms with E-state index >= 15 is 0 Å². The molecule has 22 heavy (non-hydrogen) atoms. The number of carbonyl (C=O) groups excluding carboxylic acids is 2. The van der Waals surface area contributed by atoms with Crippen molar-refractivity contribution in [2.45, 2.75) is 20.0 Å². The molecule has 2 N–H and O–H groups in total. The molecule has 1 amide bonds. The predicted molar refractivity (Wildman–Crippen MR) is 85.4 cm³/mol. The number of ketones is 1. The van der Waals surface area contributed by atoms with Crippen molar-refractivity contribution < 1.29 is 19.1 Å². The van der Waals surface area contributed by atoms with E-state index in [0.717, 1.165) is 0 Å². The maximum atomic E-state index is 11.2. The zero-order chi connectivity index (χ0) is 16.7. The Bertz CT molecular complexity index is 592. The second-order valence-corrected chi connectivity index (χ2v) is 5.49. The van der Waals surface area contributed by atoms with E-state index in [4.69, 9.17) is 15.2 Å². The molecule has 1 rings (SSSR count). The van der Waals surface area contributed by atoms with Gasteiger partial charge in [0, 0.05) is 31.4 Å². The molecule has 7 heteroatoms. The van der Waals surface area contributed by atoms with E-state index in [1.807, 2.05) is 6.92 Å². The van der Waals surface area contributed by atoms with Crippen LogP contribution in [0.15, 0.2) is 23.3 Å². The Morgan fingerprint density at radius 1 is 1.41 bits per heavy atom. The highest BCUT2D eigenvalue weighted by Crippen LogP contribution is 2.20. The van der Waals surface area contributed by atoms with Gasteiger partial charge in [0.1, 0.15) is 5.76 Å². The standard InChI is InChI=1S/C15H20N2O4S/c1-9(13(21-4)7-14(16)19)12(20-3)6-5-11-8-22-15(17-11)10(2)18/h5-9,12H,1-4H3,(H2,16,19)/b6-5-,13-7+/t9-,12+/m1/s1. The first-order valence-electron chi connectivity index (χ1n) is 6.61. The molecule has 1 aromatic rings. The van der Waals surface area contributed by atoms with Crippen LogP contribution in [0.1, 0.15) is 29.3 Å². The molecule has 0 saturated heterocycles. The Kier molecular flexibility index (Phi) is 6.94. The summed E-state index contributed by atoms with van der Waals surface area (Å²) in [4.78, 5) is 26.4. The molecule has 0 aliphatic rings. The molecule has 120 valence electrons. The maximum Gasteiger partial charge on any atom is 0.244 e. The van der Waals surface area contributed by atoms with E-state index in [0.29, 0.717) is 16.5 Å². The quantitative estimate of drug-likeness (QED) is 0.449. The first-order chi connectivity index (χ1) is 10.4. The molecule has 0 bridgehead atoms. The van der Waals surface area contributed by atoms with Gasteiger partial charge in [-0.25, -0.2) is 4.98 Å². The molecule has 0 radical (unpaired) electrons. The minimum Gasteiger partial charge on any atom is -0.501 e. The molecular formula is C15H20N2O4S. The molecule has 0 aliphatic heterocycles. The van der Waals surface area contributed by atoms with Crippen LogP contribution < -0.4 is 5.73 Å². The number of hydrogen-bond donors (Lipinski definition) is 1. The highest BCUT2D eigenvalue weighted by atomic mass is 32.1. The van der Waals surface area contributed by atoms with Gasteiger partial charge in [0.05, 0.1) is 18.9 Å². The summed E-state index contributed by atoms with van der Waals surface area (Å²) in [5, 5.41) is 2.26. The first-order valence-corrected chi connectivity index (χ1v) is 7.49. The summed E-state index contributed by atoms with van der Waals surface area (Å²) < 4.78 is 10.6. The summed E-state index contributed by atoms with van der Waals surface area (Å²) in [6.07, 6.45) is 4.48. The zero-order valence-electron chi connectivity index (χ0n) is 13.0. The van der Waals surface area contributed by atoms with Crippen molar-refractivity contribution >= 4 is 29.1 Å². The van der Waals surface area contributed by atoms with Crippen LogP contribution >= 0.6 is 11.3 Å². The summed E-state index contributed by atoms with van der Waals surface area (Å²) >= 11 is 1.29. The fraction of sp³-hybridized carbons (Fsp3) is 0.400. The number of nitrogens with zero attached hydrogens (tertiary/aromatic N) is 1. The lowest BCUT2D eigenvalue weighted by molar-refractivity contribution is -0.113. The van der Waals surface area contributed by atoms with Crippen LogP contribution in [-0.4, -0.2) is 37.0 Å². The number of methoxy groups -OCH3 is 2. The Balaban J connectivity index is 2.88. The zero-order valence-corrected chi connectivity index (χ0v) is 13.8. The summed E-state index contributed by atoms with van der Waals surface area (Å²) in [7, 11) is 3.03. The van der Waals surface area contributed by atoms with E-state index in [1.54, 1.807) is 24.6 Å². The average molecular weight is 324 g/mol. The predicted octanol–water partition coefficient (Wildman–Crippen LogP) is 2.03. The van der Waals surface area contributed by atoms with Gasteiger partial charge >= 0.3 is 0 Å². The molecular weight excluding hydrogens is 304 g/mol. The summed E-state index contributed by atoms with van der Waals surface area (Å²) in [6, 6.07) is 0. The molecule has 0 aliphatic carbocycles. The second-order valence-electron chi connectivity index (χ2n) is 4.64. The SMILES string of the molecule is CO/C(=C/C(N)=O)[C@H](C)[C@H](/C=C\c1csc(C(C)=O)n1)OC. The minimum absolute atomic E-state index is 0.0626. The van der Waals surface area contributed by atoms with Crippen molar-refractivity contribution in [2.75, 3.05) is 14.2 Å². The largest absolute Gasteiger partial charge is 0.501 e. The van der Waals surface area contributed by atoms with Crippen LogP contribution in [0.25, 0.3) is 6.08 Å². The molecule has 0 aromatic carbocycles. The summed E-state index contributed by atoms with van der Waals surface area (Å²) in [6.45, 7) is 3.34. The molecule has 6 nitrogen and oxygen atoms in total. The number of Topliss-reactive ketones (excluding diaryl/α,β-unsaturated/α-hetero) is 1. The van der Waals surface area contributed by atoms with Gasteiger partial charge in [-0.2, -0.15) is 0 Å². The maximum absolute atomic E-state index is 11.2. The Morgan fingerprint density at radius 2 is 2.09 bits per heavy atom. The van der Waals surface area contributed by atoms with Crippen LogP contribution in [0.5, 0.6) is 0 Å². The molecule has 2 atom stereocenters. The topological polar surface area (TPSA) is 91.5 Å². The number of carbonyl (C=O) groups is 2. The normalized spacial score (nSPS) is 14.8. The Morgan fingerprint density at radius 3 is 2.55 bits per heavy atom. The third-order valence-corrected chi connectivity index (χ3v) is 3.98. The highest BCUT2D eigenvalue weighted by Gasteiger charge is 2.20. The van der Waals surface area contributed by atoms with Gasteiger partial charge in [0.2, 0.25) is 5.91 Å². The van der Waals surface area contributed by atoms with Crippen molar-refractivity contribution in [3.8, 4) is 0 Å². The lowest BCUT2D eigenvalue weighted by Gasteiger charge is -2.21. The molecule has 0 unspecified atom stereocenters. The lowest BCUT2D eigenvalue weighted by atomic mass is 10.0. The molecule has 0 fully saturated rings. The van der Waals surface area contributed by atoms with Crippen LogP contribution in [0, 0.1) is 5.92 Å². The van der Waals surface area contributed by atoms with Crippen molar-refractivity contribution in [2.24, 2.45) is 11.7 Å². The number of hydrogen-bond acceptors (Lipinski definition) is 6. The number of amides is 1. The van der Waals surface area contributed by atoms with Crippen molar-refractivity contribution in [1.29, 1.82) is 0 Å². The van der Waals surface area contributed by atoms with E-state index in [9.17, 15) is 9.59 Å². The summed E-state index contributed by atoms with van der Waals surface area (Å²) in [5.74, 6) is -0.406. The van der Waals surface area contributed by atoms with Crippen molar-refractivity contribution in [1.82, 2.24) is 4.98 Å². The fourth-order valence-electron chi connectivity index (χ4n) is 1.85. The van der Waals surface area contributed by atoms with E-state index in [2.05, 4.69) is 4.98 Å². The third-order valence-electron chi connectivity index (χ3n) is 3.01. The van der Waals surface area contributed by atoms with Crippen LogP contribution in [0.3, 0.4) is 0 Å². The van der Waals surface area contributed by atoms with Gasteiger partial charge in [-0.1, -0.05) is 13.0 Å². The van der Waals surface area contributed by atoms with Gasteiger partial charge < -0.3 is 15.2 Å². The van der Waals surface area contributed by atoms with Gasteiger partial charge in [-0.3, -0.25) is 9.59 Å². The molecule has 0 spiro atoms. The smallest absolute Gasteiger partial charge is 0.244 e. The van der Waals surface area contributed by atoms with Crippen molar-refractivity contribution in [3.63, 3.8) is 0 Å². The molecule has 1 aromatic heterocycles. The van der Waals surface area contributed by atoms with Gasteiger partial charge in [-0.15, -0.1) is 11.3 Å². The number of nitrogens with two attached hydrogens (primary N) is 1.